The SMILES string of the molecule is CCC1CCC1C(=O)[O-]. The Balaban J connectivity index is 2.35. The molecule has 52 valence electrons. The molecule has 0 bridgehead atoms. The molecule has 0 spiro atoms. The van der Waals surface area contributed by atoms with Gasteiger partial charge in [0.15, 0.2) is 0 Å². The predicted octanol–water partition coefficient (Wildman–Crippen LogP) is 0.172. The third-order valence-electron chi connectivity index (χ3n) is 2.24. The molecule has 0 N–H and O–H groups in total. The van der Waals surface area contributed by atoms with Gasteiger partial charge < -0.3 is 9.90 Å². The van der Waals surface area contributed by atoms with Crippen LogP contribution in [0.4, 0.5) is 0 Å². The molecule has 1 aliphatic rings. The summed E-state index contributed by atoms with van der Waals surface area (Å²) in [4.78, 5) is 10.2. The Morgan fingerprint density at radius 2 is 2.33 bits per heavy atom. The van der Waals surface area contributed by atoms with Crippen molar-refractivity contribution in [3.05, 3.63) is 0 Å². The maximum Gasteiger partial charge on any atom is 0.0448 e. The molecule has 0 amide bonds. The summed E-state index contributed by atoms with van der Waals surface area (Å²) in [6.07, 6.45) is 2.90. The Bertz CT molecular complexity index is 118. The van der Waals surface area contributed by atoms with Crippen LogP contribution in [0.5, 0.6) is 0 Å². The normalized spacial score (nSPS) is 33.4. The lowest BCUT2D eigenvalue weighted by Gasteiger charge is -2.36. The average Bonchev–Trinajstić information content (AvgIpc) is 1.61. The minimum atomic E-state index is -0.854. The second kappa shape index (κ2) is 2.38. The molecule has 2 atom stereocenters. The Hall–Kier alpha value is -0.530. The summed E-state index contributed by atoms with van der Waals surface area (Å²) < 4.78 is 0. The zero-order valence-electron chi connectivity index (χ0n) is 5.59. The van der Waals surface area contributed by atoms with E-state index in [-0.39, 0.29) is 5.92 Å². The first-order valence-corrected chi connectivity index (χ1v) is 3.46. The molecule has 0 aliphatic heterocycles. The lowest BCUT2D eigenvalue weighted by atomic mass is 9.72. The van der Waals surface area contributed by atoms with Crippen LogP contribution in [0.15, 0.2) is 0 Å². The van der Waals surface area contributed by atoms with Crippen LogP contribution in [-0.4, -0.2) is 5.97 Å². The second-order valence-corrected chi connectivity index (χ2v) is 2.67. The van der Waals surface area contributed by atoms with Crippen LogP contribution in [0, 0.1) is 11.8 Å². The third-order valence-corrected chi connectivity index (χ3v) is 2.24. The van der Waals surface area contributed by atoms with Gasteiger partial charge in [-0.05, 0) is 18.8 Å². The van der Waals surface area contributed by atoms with E-state index in [9.17, 15) is 9.90 Å². The summed E-state index contributed by atoms with van der Waals surface area (Å²) in [7, 11) is 0. The van der Waals surface area contributed by atoms with E-state index in [1.165, 1.54) is 0 Å². The molecule has 1 saturated carbocycles. The van der Waals surface area contributed by atoms with Crippen molar-refractivity contribution in [2.24, 2.45) is 11.8 Å². The molecule has 2 unspecified atom stereocenters. The van der Waals surface area contributed by atoms with E-state index in [4.69, 9.17) is 0 Å². The highest BCUT2D eigenvalue weighted by Gasteiger charge is 2.29. The fraction of sp³-hybridized carbons (Fsp3) is 0.857. The molecule has 1 fully saturated rings. The summed E-state index contributed by atoms with van der Waals surface area (Å²) in [5, 5.41) is 10.2. The number of carboxylic acids is 1. The Morgan fingerprint density at radius 1 is 1.67 bits per heavy atom. The van der Waals surface area contributed by atoms with Crippen LogP contribution in [-0.2, 0) is 4.79 Å². The van der Waals surface area contributed by atoms with Crippen LogP contribution in [0.3, 0.4) is 0 Å². The van der Waals surface area contributed by atoms with Gasteiger partial charge in [-0.1, -0.05) is 13.3 Å². The van der Waals surface area contributed by atoms with Gasteiger partial charge in [-0.15, -0.1) is 0 Å². The van der Waals surface area contributed by atoms with Crippen molar-refractivity contribution >= 4 is 5.97 Å². The monoisotopic (exact) mass is 127 g/mol. The number of hydrogen-bond acceptors (Lipinski definition) is 2. The van der Waals surface area contributed by atoms with Crippen molar-refractivity contribution in [1.82, 2.24) is 0 Å². The molecular formula is C7H11O2-. The molecule has 0 radical (unpaired) electrons. The molecule has 0 aromatic carbocycles. The number of hydrogen-bond donors (Lipinski definition) is 0. The van der Waals surface area contributed by atoms with Crippen molar-refractivity contribution in [3.8, 4) is 0 Å². The molecule has 1 rings (SSSR count). The molecule has 0 saturated heterocycles. The van der Waals surface area contributed by atoms with Gasteiger partial charge in [-0.25, -0.2) is 0 Å². The van der Waals surface area contributed by atoms with Gasteiger partial charge in [0.25, 0.3) is 0 Å². The fourth-order valence-electron chi connectivity index (χ4n) is 1.37. The third kappa shape index (κ3) is 1.07. The largest absolute Gasteiger partial charge is 0.550 e. The van der Waals surface area contributed by atoms with Gasteiger partial charge in [0, 0.05) is 11.9 Å². The van der Waals surface area contributed by atoms with E-state index in [1.807, 2.05) is 6.92 Å². The van der Waals surface area contributed by atoms with E-state index < -0.39 is 5.97 Å². The van der Waals surface area contributed by atoms with Crippen molar-refractivity contribution in [1.29, 1.82) is 0 Å². The summed E-state index contributed by atoms with van der Waals surface area (Å²) in [6.45, 7) is 2.03. The number of carbonyl (C=O) groups excluding carboxylic acids is 1. The summed E-state index contributed by atoms with van der Waals surface area (Å²) in [5.41, 5.74) is 0. The second-order valence-electron chi connectivity index (χ2n) is 2.67. The maximum absolute atomic E-state index is 10.2. The Labute approximate surface area is 54.9 Å². The maximum atomic E-state index is 10.2. The van der Waals surface area contributed by atoms with Crippen LogP contribution in [0.1, 0.15) is 26.2 Å². The molecule has 0 aromatic rings. The zero-order chi connectivity index (χ0) is 6.85. The van der Waals surface area contributed by atoms with Crippen LogP contribution in [0.25, 0.3) is 0 Å². The number of rotatable bonds is 2. The van der Waals surface area contributed by atoms with Gasteiger partial charge in [0.2, 0.25) is 0 Å². The van der Waals surface area contributed by atoms with Crippen molar-refractivity contribution < 1.29 is 9.90 Å². The molecule has 0 heterocycles. The quantitative estimate of drug-likeness (QED) is 0.530. The minimum Gasteiger partial charge on any atom is -0.550 e. The number of carboxylic acid groups (broad SMARTS) is 1. The Morgan fingerprint density at radius 3 is 2.44 bits per heavy atom. The van der Waals surface area contributed by atoms with Gasteiger partial charge in [-0.2, -0.15) is 0 Å². The summed E-state index contributed by atoms with van der Waals surface area (Å²) >= 11 is 0. The van der Waals surface area contributed by atoms with E-state index in [0.29, 0.717) is 5.92 Å². The minimum absolute atomic E-state index is 0.130. The van der Waals surface area contributed by atoms with Crippen molar-refractivity contribution in [2.75, 3.05) is 0 Å². The van der Waals surface area contributed by atoms with Gasteiger partial charge in [0.05, 0.1) is 0 Å². The number of aliphatic carboxylic acids is 1. The smallest absolute Gasteiger partial charge is 0.0448 e. The van der Waals surface area contributed by atoms with Crippen LogP contribution in [0.2, 0.25) is 0 Å². The van der Waals surface area contributed by atoms with Gasteiger partial charge in [0.1, 0.15) is 0 Å². The summed E-state index contributed by atoms with van der Waals surface area (Å²) in [6, 6.07) is 0. The molecular weight excluding hydrogens is 116 g/mol. The van der Waals surface area contributed by atoms with Crippen LogP contribution >= 0.6 is 0 Å². The van der Waals surface area contributed by atoms with E-state index in [2.05, 4.69) is 0 Å². The fourth-order valence-corrected chi connectivity index (χ4v) is 1.37. The Kier molecular flexibility index (Phi) is 1.74. The summed E-state index contributed by atoms with van der Waals surface area (Å²) in [5.74, 6) is -0.571. The first kappa shape index (κ1) is 6.59. The average molecular weight is 127 g/mol. The number of carbonyl (C=O) groups is 1. The van der Waals surface area contributed by atoms with E-state index in [0.717, 1.165) is 19.3 Å². The van der Waals surface area contributed by atoms with Crippen LogP contribution < -0.4 is 5.11 Å². The molecule has 0 aromatic heterocycles. The predicted molar refractivity (Wildman–Crippen MR) is 31.5 cm³/mol. The molecule has 1 aliphatic carbocycles. The highest BCUT2D eigenvalue weighted by molar-refractivity contribution is 5.69. The lowest BCUT2D eigenvalue weighted by molar-refractivity contribution is -0.316. The topological polar surface area (TPSA) is 40.1 Å². The standard InChI is InChI=1S/C7H12O2/c1-2-5-3-4-6(5)7(8)9/h5-6H,2-4H2,1H3,(H,8,9)/p-1. The van der Waals surface area contributed by atoms with Gasteiger partial charge in [-0.3, -0.25) is 0 Å². The molecule has 9 heavy (non-hydrogen) atoms. The molecule has 2 nitrogen and oxygen atoms in total. The highest BCUT2D eigenvalue weighted by Crippen LogP contribution is 2.35. The van der Waals surface area contributed by atoms with E-state index in [1.54, 1.807) is 0 Å². The van der Waals surface area contributed by atoms with Crippen molar-refractivity contribution in [3.63, 3.8) is 0 Å². The highest BCUT2D eigenvalue weighted by atomic mass is 16.4. The zero-order valence-corrected chi connectivity index (χ0v) is 5.59. The van der Waals surface area contributed by atoms with Gasteiger partial charge >= 0.3 is 0 Å². The lowest BCUT2D eigenvalue weighted by Crippen LogP contribution is -2.41. The van der Waals surface area contributed by atoms with Crippen molar-refractivity contribution in [2.45, 2.75) is 26.2 Å². The first-order valence-electron chi connectivity index (χ1n) is 3.46. The first-order chi connectivity index (χ1) is 4.25. The molecule has 2 heteroatoms. The van der Waals surface area contributed by atoms with E-state index >= 15 is 0 Å².